The molecule has 4 nitrogen and oxygen atoms in total. The zero-order valence-corrected chi connectivity index (χ0v) is 11.8. The molecule has 0 aliphatic carbocycles. The average molecular weight is 259 g/mol. The van der Waals surface area contributed by atoms with Crippen LogP contribution in [0.3, 0.4) is 0 Å². The molecule has 0 unspecified atom stereocenters. The molecule has 0 spiro atoms. The second kappa shape index (κ2) is 4.85. The zero-order chi connectivity index (χ0) is 13.4. The van der Waals surface area contributed by atoms with Gasteiger partial charge in [-0.25, -0.2) is 4.98 Å². The number of hydrogen-bond donors (Lipinski definition) is 1. The van der Waals surface area contributed by atoms with Gasteiger partial charge in [0.05, 0.1) is 18.1 Å². The van der Waals surface area contributed by atoms with Crippen molar-refractivity contribution in [2.75, 3.05) is 20.2 Å². The lowest BCUT2D eigenvalue weighted by Gasteiger charge is -2.15. The van der Waals surface area contributed by atoms with Gasteiger partial charge in [-0.1, -0.05) is 6.92 Å². The Hall–Kier alpha value is -1.55. The normalized spacial score (nSPS) is 23.1. The Morgan fingerprint density at radius 3 is 2.89 bits per heavy atom. The molecule has 1 aliphatic rings. The monoisotopic (exact) mass is 259 g/mol. The summed E-state index contributed by atoms with van der Waals surface area (Å²) >= 11 is 0. The van der Waals surface area contributed by atoms with E-state index in [4.69, 9.17) is 9.72 Å². The molecule has 0 amide bonds. The highest BCUT2D eigenvalue weighted by molar-refractivity contribution is 5.78. The van der Waals surface area contributed by atoms with Gasteiger partial charge in [0, 0.05) is 25.1 Å². The van der Waals surface area contributed by atoms with Gasteiger partial charge in [0.25, 0.3) is 0 Å². The van der Waals surface area contributed by atoms with Gasteiger partial charge >= 0.3 is 0 Å². The quantitative estimate of drug-likeness (QED) is 0.920. The molecule has 0 saturated carbocycles. The van der Waals surface area contributed by atoms with Crippen molar-refractivity contribution in [2.24, 2.45) is 5.92 Å². The Morgan fingerprint density at radius 2 is 2.26 bits per heavy atom. The van der Waals surface area contributed by atoms with Crippen molar-refractivity contribution in [3.63, 3.8) is 0 Å². The van der Waals surface area contributed by atoms with Crippen molar-refractivity contribution >= 4 is 11.0 Å². The van der Waals surface area contributed by atoms with Crippen molar-refractivity contribution in [3.05, 3.63) is 24.0 Å². The molecule has 2 aromatic rings. The van der Waals surface area contributed by atoms with E-state index < -0.39 is 0 Å². The molecule has 1 saturated heterocycles. The van der Waals surface area contributed by atoms with Gasteiger partial charge in [0.15, 0.2) is 0 Å². The van der Waals surface area contributed by atoms with Crippen molar-refractivity contribution in [1.82, 2.24) is 14.9 Å². The zero-order valence-electron chi connectivity index (χ0n) is 11.8. The average Bonchev–Trinajstić information content (AvgIpc) is 3.00. The lowest BCUT2D eigenvalue weighted by atomic mass is 9.97. The summed E-state index contributed by atoms with van der Waals surface area (Å²) in [5, 5.41) is 3.46. The molecule has 0 radical (unpaired) electrons. The van der Waals surface area contributed by atoms with Crippen LogP contribution in [0.1, 0.15) is 25.6 Å². The van der Waals surface area contributed by atoms with E-state index in [-0.39, 0.29) is 0 Å². The topological polar surface area (TPSA) is 39.1 Å². The molecule has 3 rings (SSSR count). The van der Waals surface area contributed by atoms with E-state index >= 15 is 0 Å². The highest BCUT2D eigenvalue weighted by atomic mass is 16.5. The number of nitrogens with one attached hydrogen (secondary N) is 1. The molecular weight excluding hydrogens is 238 g/mol. The Balaban J connectivity index is 2.13. The Morgan fingerprint density at radius 1 is 1.42 bits per heavy atom. The van der Waals surface area contributed by atoms with Crippen molar-refractivity contribution in [3.8, 4) is 5.75 Å². The molecule has 102 valence electrons. The van der Waals surface area contributed by atoms with E-state index in [1.165, 1.54) is 11.3 Å². The number of benzene rings is 1. The molecule has 4 heteroatoms. The fourth-order valence-corrected chi connectivity index (χ4v) is 3.03. The van der Waals surface area contributed by atoms with E-state index in [1.54, 1.807) is 7.11 Å². The van der Waals surface area contributed by atoms with E-state index in [0.29, 0.717) is 11.8 Å². The number of ether oxygens (including phenoxy) is 1. The maximum Gasteiger partial charge on any atom is 0.121 e. The lowest BCUT2D eigenvalue weighted by Crippen LogP contribution is -2.14. The minimum Gasteiger partial charge on any atom is -0.497 e. The maximum absolute atomic E-state index is 5.29. The number of rotatable bonds is 3. The summed E-state index contributed by atoms with van der Waals surface area (Å²) in [6.07, 6.45) is 0. The van der Waals surface area contributed by atoms with Crippen LogP contribution in [-0.2, 0) is 6.54 Å². The van der Waals surface area contributed by atoms with Crippen LogP contribution in [0.25, 0.3) is 11.0 Å². The third-order valence-corrected chi connectivity index (χ3v) is 4.15. The molecule has 19 heavy (non-hydrogen) atoms. The third-order valence-electron chi connectivity index (χ3n) is 4.15. The fraction of sp³-hybridized carbons (Fsp3) is 0.533. The Labute approximate surface area is 113 Å². The van der Waals surface area contributed by atoms with Crippen molar-refractivity contribution in [2.45, 2.75) is 26.3 Å². The molecule has 0 bridgehead atoms. The third kappa shape index (κ3) is 2.00. The molecule has 1 aromatic heterocycles. The number of imidazole rings is 1. The molecule has 1 aliphatic heterocycles. The van der Waals surface area contributed by atoms with Crippen molar-refractivity contribution < 1.29 is 4.74 Å². The highest BCUT2D eigenvalue weighted by Crippen LogP contribution is 2.31. The minimum absolute atomic E-state index is 0.512. The molecule has 1 fully saturated rings. The SMILES string of the molecule is CCn1c([C@@H]2CNC[C@H]2C)nc2cc(OC)ccc21. The molecule has 2 heterocycles. The summed E-state index contributed by atoms with van der Waals surface area (Å²) in [6.45, 7) is 7.55. The van der Waals surface area contributed by atoms with Gasteiger partial charge in [-0.3, -0.25) is 0 Å². The van der Waals surface area contributed by atoms with E-state index in [2.05, 4.69) is 29.8 Å². The highest BCUT2D eigenvalue weighted by Gasteiger charge is 2.29. The Bertz CT molecular complexity index is 590. The Kier molecular flexibility index (Phi) is 3.19. The van der Waals surface area contributed by atoms with Crippen LogP contribution in [0.2, 0.25) is 0 Å². The summed E-state index contributed by atoms with van der Waals surface area (Å²) in [4.78, 5) is 4.87. The number of methoxy groups -OCH3 is 1. The van der Waals surface area contributed by atoms with Crippen LogP contribution in [0.5, 0.6) is 5.75 Å². The van der Waals surface area contributed by atoms with Gasteiger partial charge in [0.1, 0.15) is 11.6 Å². The number of aromatic nitrogens is 2. The summed E-state index contributed by atoms with van der Waals surface area (Å²) < 4.78 is 7.63. The van der Waals surface area contributed by atoms with E-state index in [1.807, 2.05) is 12.1 Å². The molecular formula is C15H21N3O. The number of aryl methyl sites for hydroxylation is 1. The standard InChI is InChI=1S/C15H21N3O/c1-4-18-14-6-5-11(19-3)7-13(14)17-15(18)12-9-16-8-10(12)2/h5-7,10,12,16H,4,8-9H2,1-3H3/t10-,12-/m1/s1. The molecule has 1 aromatic carbocycles. The predicted molar refractivity (Wildman–Crippen MR) is 76.7 cm³/mol. The number of hydrogen-bond acceptors (Lipinski definition) is 3. The van der Waals surface area contributed by atoms with E-state index in [9.17, 15) is 0 Å². The molecule has 1 N–H and O–H groups in total. The van der Waals surface area contributed by atoms with Crippen LogP contribution in [0, 0.1) is 5.92 Å². The van der Waals surface area contributed by atoms with Crippen LogP contribution >= 0.6 is 0 Å². The fourth-order valence-electron chi connectivity index (χ4n) is 3.03. The van der Waals surface area contributed by atoms with Gasteiger partial charge < -0.3 is 14.6 Å². The largest absolute Gasteiger partial charge is 0.497 e. The first-order valence-electron chi connectivity index (χ1n) is 6.99. The summed E-state index contributed by atoms with van der Waals surface area (Å²) in [6, 6.07) is 6.15. The number of nitrogens with zero attached hydrogens (tertiary/aromatic N) is 2. The summed E-state index contributed by atoms with van der Waals surface area (Å²) in [5.74, 6) is 3.24. The van der Waals surface area contributed by atoms with Gasteiger partial charge in [-0.15, -0.1) is 0 Å². The smallest absolute Gasteiger partial charge is 0.121 e. The first-order chi connectivity index (χ1) is 9.24. The second-order valence-electron chi connectivity index (χ2n) is 5.31. The summed E-state index contributed by atoms with van der Waals surface area (Å²) in [7, 11) is 1.70. The van der Waals surface area contributed by atoms with Gasteiger partial charge in [-0.05, 0) is 31.5 Å². The van der Waals surface area contributed by atoms with Crippen LogP contribution in [-0.4, -0.2) is 29.8 Å². The van der Waals surface area contributed by atoms with Crippen molar-refractivity contribution in [1.29, 1.82) is 0 Å². The maximum atomic E-state index is 5.29. The predicted octanol–water partition coefficient (Wildman–Crippen LogP) is 2.39. The molecule has 2 atom stereocenters. The number of fused-ring (bicyclic) bond motifs is 1. The van der Waals surface area contributed by atoms with E-state index in [0.717, 1.165) is 30.9 Å². The first-order valence-corrected chi connectivity index (χ1v) is 6.99. The van der Waals surface area contributed by atoms with Gasteiger partial charge in [-0.2, -0.15) is 0 Å². The van der Waals surface area contributed by atoms with Crippen LogP contribution in [0.4, 0.5) is 0 Å². The summed E-state index contributed by atoms with van der Waals surface area (Å²) in [5.41, 5.74) is 2.24. The lowest BCUT2D eigenvalue weighted by molar-refractivity contribution is 0.415. The van der Waals surface area contributed by atoms with Crippen LogP contribution in [0.15, 0.2) is 18.2 Å². The van der Waals surface area contributed by atoms with Crippen LogP contribution < -0.4 is 10.1 Å². The second-order valence-corrected chi connectivity index (χ2v) is 5.31. The minimum atomic E-state index is 0.512. The first kappa shape index (κ1) is 12.5. The van der Waals surface area contributed by atoms with Gasteiger partial charge in [0.2, 0.25) is 0 Å².